The van der Waals surface area contributed by atoms with Crippen LogP contribution in [0.25, 0.3) is 0 Å². The van der Waals surface area contributed by atoms with Gasteiger partial charge in [-0.2, -0.15) is 0 Å². The standard InChI is InChI=1S/C14H16N2O/c1-2-6-14-15-9-13(11-17)16(14)10-12-7-4-3-5-8-12/h3-5,7-9,11H,2,6,10H2,1H3. The highest BCUT2D eigenvalue weighted by atomic mass is 16.1. The third-order valence-electron chi connectivity index (χ3n) is 2.75. The van der Waals surface area contributed by atoms with Gasteiger partial charge in [-0.15, -0.1) is 0 Å². The third-order valence-corrected chi connectivity index (χ3v) is 2.75. The number of aromatic nitrogens is 2. The van der Waals surface area contributed by atoms with Crippen molar-refractivity contribution in [2.45, 2.75) is 26.3 Å². The minimum atomic E-state index is 0.650. The van der Waals surface area contributed by atoms with Crippen LogP contribution in [0.1, 0.15) is 35.2 Å². The number of aryl methyl sites for hydroxylation is 1. The van der Waals surface area contributed by atoms with E-state index in [-0.39, 0.29) is 0 Å². The zero-order valence-corrected chi connectivity index (χ0v) is 9.97. The Bertz CT molecular complexity index is 488. The summed E-state index contributed by atoms with van der Waals surface area (Å²) in [5.41, 5.74) is 1.84. The molecule has 3 nitrogen and oxygen atoms in total. The molecule has 0 bridgehead atoms. The number of hydrogen-bond acceptors (Lipinski definition) is 2. The van der Waals surface area contributed by atoms with Crippen molar-refractivity contribution < 1.29 is 4.79 Å². The van der Waals surface area contributed by atoms with Crippen LogP contribution in [0.15, 0.2) is 36.5 Å². The SMILES string of the molecule is CCCc1ncc(C=O)n1Cc1ccccc1. The maximum Gasteiger partial charge on any atom is 0.168 e. The zero-order chi connectivity index (χ0) is 12.1. The number of hydrogen-bond donors (Lipinski definition) is 0. The van der Waals surface area contributed by atoms with E-state index in [4.69, 9.17) is 0 Å². The van der Waals surface area contributed by atoms with Crippen LogP contribution in [-0.2, 0) is 13.0 Å². The lowest BCUT2D eigenvalue weighted by molar-refractivity contribution is 0.111. The number of rotatable bonds is 5. The number of benzene rings is 1. The van der Waals surface area contributed by atoms with E-state index < -0.39 is 0 Å². The quantitative estimate of drug-likeness (QED) is 0.737. The summed E-state index contributed by atoms with van der Waals surface area (Å²) in [4.78, 5) is 15.3. The molecule has 0 saturated carbocycles. The molecule has 0 aliphatic carbocycles. The first kappa shape index (κ1) is 11.6. The monoisotopic (exact) mass is 228 g/mol. The minimum Gasteiger partial charge on any atom is -0.321 e. The second-order valence-corrected chi connectivity index (χ2v) is 4.04. The van der Waals surface area contributed by atoms with Crippen LogP contribution in [0.2, 0.25) is 0 Å². The average molecular weight is 228 g/mol. The van der Waals surface area contributed by atoms with Crippen LogP contribution in [-0.4, -0.2) is 15.8 Å². The molecule has 0 unspecified atom stereocenters. The topological polar surface area (TPSA) is 34.9 Å². The number of carbonyl (C=O) groups is 1. The van der Waals surface area contributed by atoms with Crippen LogP contribution < -0.4 is 0 Å². The Balaban J connectivity index is 2.29. The maximum atomic E-state index is 11.0. The molecule has 0 spiro atoms. The van der Waals surface area contributed by atoms with Crippen LogP contribution >= 0.6 is 0 Å². The molecule has 1 aromatic carbocycles. The normalized spacial score (nSPS) is 10.4. The summed E-state index contributed by atoms with van der Waals surface area (Å²) >= 11 is 0. The van der Waals surface area contributed by atoms with Gasteiger partial charge >= 0.3 is 0 Å². The Hall–Kier alpha value is -1.90. The van der Waals surface area contributed by atoms with Crippen LogP contribution in [0.3, 0.4) is 0 Å². The van der Waals surface area contributed by atoms with Crippen molar-refractivity contribution in [3.63, 3.8) is 0 Å². The fraction of sp³-hybridized carbons (Fsp3) is 0.286. The van der Waals surface area contributed by atoms with Gasteiger partial charge in [0.1, 0.15) is 11.5 Å². The Morgan fingerprint density at radius 1 is 1.29 bits per heavy atom. The van der Waals surface area contributed by atoms with E-state index in [1.54, 1.807) is 6.20 Å². The molecular weight excluding hydrogens is 212 g/mol. The van der Waals surface area contributed by atoms with E-state index in [1.807, 2.05) is 22.8 Å². The van der Waals surface area contributed by atoms with Crippen LogP contribution in [0.4, 0.5) is 0 Å². The highest BCUT2D eigenvalue weighted by Gasteiger charge is 2.08. The summed E-state index contributed by atoms with van der Waals surface area (Å²) in [5, 5.41) is 0. The van der Waals surface area contributed by atoms with E-state index in [9.17, 15) is 4.79 Å². The summed E-state index contributed by atoms with van der Waals surface area (Å²) in [6, 6.07) is 10.1. The molecule has 0 N–H and O–H groups in total. The highest BCUT2D eigenvalue weighted by molar-refractivity contribution is 5.71. The van der Waals surface area contributed by atoms with Crippen molar-refractivity contribution in [2.24, 2.45) is 0 Å². The summed E-state index contributed by atoms with van der Waals surface area (Å²) in [6.07, 6.45) is 4.46. The lowest BCUT2D eigenvalue weighted by Gasteiger charge is -2.09. The number of carbonyl (C=O) groups excluding carboxylic acids is 1. The smallest absolute Gasteiger partial charge is 0.168 e. The largest absolute Gasteiger partial charge is 0.321 e. The summed E-state index contributed by atoms with van der Waals surface area (Å²) in [5.74, 6) is 0.985. The van der Waals surface area contributed by atoms with Crippen molar-refractivity contribution in [1.82, 2.24) is 9.55 Å². The second-order valence-electron chi connectivity index (χ2n) is 4.04. The van der Waals surface area contributed by atoms with Gasteiger partial charge in [-0.1, -0.05) is 37.3 Å². The fourth-order valence-electron chi connectivity index (χ4n) is 1.89. The predicted molar refractivity (Wildman–Crippen MR) is 67.2 cm³/mol. The zero-order valence-electron chi connectivity index (χ0n) is 9.97. The molecule has 0 amide bonds. The first-order chi connectivity index (χ1) is 8.35. The van der Waals surface area contributed by atoms with Gasteiger partial charge in [0.15, 0.2) is 6.29 Å². The summed E-state index contributed by atoms with van der Waals surface area (Å²) in [7, 11) is 0. The molecule has 0 aliphatic heterocycles. The van der Waals surface area contributed by atoms with E-state index in [1.165, 1.54) is 5.56 Å². The van der Waals surface area contributed by atoms with Gasteiger partial charge in [-0.3, -0.25) is 4.79 Å². The number of imidazole rings is 1. The van der Waals surface area contributed by atoms with Crippen molar-refractivity contribution in [2.75, 3.05) is 0 Å². The number of aldehydes is 1. The van der Waals surface area contributed by atoms with E-state index in [0.717, 1.165) is 25.0 Å². The molecule has 0 radical (unpaired) electrons. The molecule has 0 aliphatic rings. The van der Waals surface area contributed by atoms with Crippen molar-refractivity contribution in [1.29, 1.82) is 0 Å². The van der Waals surface area contributed by atoms with Crippen molar-refractivity contribution in [3.05, 3.63) is 53.6 Å². The van der Waals surface area contributed by atoms with E-state index in [2.05, 4.69) is 24.0 Å². The van der Waals surface area contributed by atoms with E-state index in [0.29, 0.717) is 12.2 Å². The van der Waals surface area contributed by atoms with Gasteiger partial charge in [0, 0.05) is 13.0 Å². The summed E-state index contributed by atoms with van der Waals surface area (Å²) < 4.78 is 1.99. The lowest BCUT2D eigenvalue weighted by Crippen LogP contribution is -2.08. The lowest BCUT2D eigenvalue weighted by atomic mass is 10.2. The van der Waals surface area contributed by atoms with Gasteiger partial charge in [-0.25, -0.2) is 4.98 Å². The molecule has 1 heterocycles. The van der Waals surface area contributed by atoms with Gasteiger partial charge in [-0.05, 0) is 12.0 Å². The molecule has 0 atom stereocenters. The average Bonchev–Trinajstić information content (AvgIpc) is 2.74. The first-order valence-electron chi connectivity index (χ1n) is 5.88. The molecule has 0 fully saturated rings. The van der Waals surface area contributed by atoms with Crippen LogP contribution in [0, 0.1) is 0 Å². The molecule has 2 rings (SSSR count). The molecular formula is C14H16N2O. The molecule has 1 aromatic heterocycles. The molecule has 0 saturated heterocycles. The minimum absolute atomic E-state index is 0.650. The predicted octanol–water partition coefficient (Wildman–Crippen LogP) is 2.70. The van der Waals surface area contributed by atoms with Gasteiger partial charge < -0.3 is 4.57 Å². The van der Waals surface area contributed by atoms with Crippen LogP contribution in [0.5, 0.6) is 0 Å². The number of nitrogens with zero attached hydrogens (tertiary/aromatic N) is 2. The van der Waals surface area contributed by atoms with Gasteiger partial charge in [0.2, 0.25) is 0 Å². The Morgan fingerprint density at radius 3 is 2.71 bits per heavy atom. The third kappa shape index (κ3) is 2.61. The molecule has 2 aromatic rings. The molecule has 88 valence electrons. The highest BCUT2D eigenvalue weighted by Crippen LogP contribution is 2.10. The first-order valence-corrected chi connectivity index (χ1v) is 5.88. The fourth-order valence-corrected chi connectivity index (χ4v) is 1.89. The van der Waals surface area contributed by atoms with Gasteiger partial charge in [0.25, 0.3) is 0 Å². The van der Waals surface area contributed by atoms with Crippen molar-refractivity contribution >= 4 is 6.29 Å². The van der Waals surface area contributed by atoms with Gasteiger partial charge in [0.05, 0.1) is 6.20 Å². The van der Waals surface area contributed by atoms with E-state index >= 15 is 0 Å². The maximum absolute atomic E-state index is 11.0. The Kier molecular flexibility index (Phi) is 3.70. The molecule has 3 heteroatoms. The summed E-state index contributed by atoms with van der Waals surface area (Å²) in [6.45, 7) is 2.83. The Labute approximate surface area is 101 Å². The van der Waals surface area contributed by atoms with Crippen molar-refractivity contribution in [3.8, 4) is 0 Å². The second kappa shape index (κ2) is 5.43. The Morgan fingerprint density at radius 2 is 2.06 bits per heavy atom. The molecule has 17 heavy (non-hydrogen) atoms.